The number of imide groups is 1. The van der Waals surface area contributed by atoms with Crippen molar-refractivity contribution in [3.63, 3.8) is 0 Å². The van der Waals surface area contributed by atoms with Crippen LogP contribution < -0.4 is 14.4 Å². The Labute approximate surface area is 212 Å². The SMILES string of the molecule is COc1ccc([C@H]2OC3(C(=O)c4ccccc4C3=O)[C@@H]3C(=O)N(c4ccc(C)cc4)C(=O)[C@H]23)cc1OC. The molecular weight excluding hydrogens is 474 g/mol. The quantitative estimate of drug-likeness (QED) is 0.400. The molecule has 0 saturated carbocycles. The van der Waals surface area contributed by atoms with E-state index in [0.29, 0.717) is 22.7 Å². The van der Waals surface area contributed by atoms with Gasteiger partial charge in [0, 0.05) is 11.1 Å². The number of amides is 2. The molecule has 2 amide bonds. The topological polar surface area (TPSA) is 99.2 Å². The average molecular weight is 498 g/mol. The zero-order chi connectivity index (χ0) is 26.1. The summed E-state index contributed by atoms with van der Waals surface area (Å²) in [5.41, 5.74) is 0.0852. The van der Waals surface area contributed by atoms with E-state index in [1.807, 2.05) is 6.92 Å². The van der Waals surface area contributed by atoms with Crippen LogP contribution in [0.15, 0.2) is 66.7 Å². The Morgan fingerprint density at radius 1 is 0.784 bits per heavy atom. The van der Waals surface area contributed by atoms with Crippen LogP contribution in [0.2, 0.25) is 0 Å². The zero-order valence-electron chi connectivity index (χ0n) is 20.4. The van der Waals surface area contributed by atoms with Crippen LogP contribution in [0.3, 0.4) is 0 Å². The van der Waals surface area contributed by atoms with Gasteiger partial charge in [-0.2, -0.15) is 0 Å². The lowest BCUT2D eigenvalue weighted by Gasteiger charge is -2.27. The van der Waals surface area contributed by atoms with Crippen molar-refractivity contribution in [2.24, 2.45) is 11.8 Å². The van der Waals surface area contributed by atoms with Crippen molar-refractivity contribution in [1.82, 2.24) is 0 Å². The number of rotatable bonds is 4. The lowest BCUT2D eigenvalue weighted by molar-refractivity contribution is -0.127. The van der Waals surface area contributed by atoms with Crippen LogP contribution in [0.1, 0.15) is 37.9 Å². The molecule has 37 heavy (non-hydrogen) atoms. The second kappa shape index (κ2) is 8.11. The summed E-state index contributed by atoms with van der Waals surface area (Å²) in [4.78, 5) is 56.6. The molecule has 186 valence electrons. The number of carbonyl (C=O) groups excluding carboxylic acids is 4. The molecule has 3 aromatic carbocycles. The Morgan fingerprint density at radius 2 is 1.41 bits per heavy atom. The van der Waals surface area contributed by atoms with E-state index in [4.69, 9.17) is 14.2 Å². The van der Waals surface area contributed by atoms with Gasteiger partial charge in [-0.25, -0.2) is 4.90 Å². The van der Waals surface area contributed by atoms with E-state index >= 15 is 0 Å². The smallest absolute Gasteiger partial charge is 0.241 e. The number of nitrogens with zero attached hydrogens (tertiary/aromatic N) is 1. The van der Waals surface area contributed by atoms with E-state index in [9.17, 15) is 19.2 Å². The molecule has 8 nitrogen and oxygen atoms in total. The lowest BCUT2D eigenvalue weighted by Crippen LogP contribution is -2.51. The van der Waals surface area contributed by atoms with Crippen molar-refractivity contribution < 1.29 is 33.4 Å². The molecule has 1 aliphatic carbocycles. The molecule has 3 atom stereocenters. The maximum Gasteiger partial charge on any atom is 0.241 e. The van der Waals surface area contributed by atoms with Gasteiger partial charge in [-0.05, 0) is 36.8 Å². The predicted octanol–water partition coefficient (Wildman–Crippen LogP) is 3.71. The highest BCUT2D eigenvalue weighted by Gasteiger charge is 2.74. The van der Waals surface area contributed by atoms with Crippen molar-refractivity contribution in [1.29, 1.82) is 0 Å². The summed E-state index contributed by atoms with van der Waals surface area (Å²) in [6.07, 6.45) is -1.04. The Hall–Kier alpha value is -4.30. The van der Waals surface area contributed by atoms with Crippen LogP contribution >= 0.6 is 0 Å². The number of aryl methyl sites for hydroxylation is 1. The number of Topliss-reactive ketones (excluding diaryl/α,β-unsaturated/α-hetero) is 2. The molecule has 2 fully saturated rings. The number of ether oxygens (including phenoxy) is 3. The zero-order valence-corrected chi connectivity index (χ0v) is 20.4. The lowest BCUT2D eigenvalue weighted by atomic mass is 9.77. The minimum absolute atomic E-state index is 0.188. The molecule has 3 aromatic rings. The maximum atomic E-state index is 14.0. The fourth-order valence-corrected chi connectivity index (χ4v) is 5.80. The number of methoxy groups -OCH3 is 2. The van der Waals surface area contributed by atoms with Gasteiger partial charge in [0.05, 0.1) is 37.8 Å². The number of fused-ring (bicyclic) bond motifs is 3. The van der Waals surface area contributed by atoms with Gasteiger partial charge in [0.2, 0.25) is 29.0 Å². The minimum Gasteiger partial charge on any atom is -0.493 e. The van der Waals surface area contributed by atoms with Crippen molar-refractivity contribution in [2.75, 3.05) is 19.1 Å². The van der Waals surface area contributed by atoms with E-state index < -0.39 is 46.9 Å². The fraction of sp³-hybridized carbons (Fsp3) is 0.241. The number of anilines is 1. The number of ketones is 2. The molecule has 6 rings (SSSR count). The third kappa shape index (κ3) is 2.99. The van der Waals surface area contributed by atoms with Crippen LogP contribution in [0.5, 0.6) is 11.5 Å². The van der Waals surface area contributed by atoms with E-state index in [1.54, 1.807) is 66.7 Å². The molecule has 0 radical (unpaired) electrons. The van der Waals surface area contributed by atoms with Crippen molar-refractivity contribution in [3.05, 3.63) is 89.0 Å². The second-order valence-electron chi connectivity index (χ2n) is 9.44. The fourth-order valence-electron chi connectivity index (χ4n) is 5.80. The van der Waals surface area contributed by atoms with Gasteiger partial charge in [-0.15, -0.1) is 0 Å². The van der Waals surface area contributed by atoms with Gasteiger partial charge in [-0.1, -0.05) is 48.0 Å². The van der Waals surface area contributed by atoms with Crippen molar-refractivity contribution >= 4 is 29.1 Å². The Balaban J connectivity index is 1.54. The van der Waals surface area contributed by atoms with Gasteiger partial charge >= 0.3 is 0 Å². The molecular formula is C29H23NO7. The van der Waals surface area contributed by atoms with Crippen LogP contribution in [-0.4, -0.2) is 43.2 Å². The van der Waals surface area contributed by atoms with Crippen LogP contribution in [0, 0.1) is 18.8 Å². The average Bonchev–Trinajstić information content (AvgIpc) is 3.49. The van der Waals surface area contributed by atoms with Crippen LogP contribution in [0.4, 0.5) is 5.69 Å². The summed E-state index contributed by atoms with van der Waals surface area (Å²) < 4.78 is 17.1. The van der Waals surface area contributed by atoms with Gasteiger partial charge < -0.3 is 14.2 Å². The summed E-state index contributed by atoms with van der Waals surface area (Å²) in [6, 6.07) is 18.3. The molecule has 1 spiro atoms. The summed E-state index contributed by atoms with van der Waals surface area (Å²) in [5, 5.41) is 0. The summed E-state index contributed by atoms with van der Waals surface area (Å²) >= 11 is 0. The van der Waals surface area contributed by atoms with E-state index in [2.05, 4.69) is 0 Å². The Bertz CT molecular complexity index is 1460. The normalized spacial score (nSPS) is 23.5. The molecule has 8 heteroatoms. The largest absolute Gasteiger partial charge is 0.493 e. The molecule has 2 heterocycles. The number of hydrogen-bond acceptors (Lipinski definition) is 7. The molecule has 3 aliphatic rings. The highest BCUT2D eigenvalue weighted by molar-refractivity contribution is 6.37. The summed E-state index contributed by atoms with van der Waals surface area (Å²) in [5.74, 6) is -3.90. The van der Waals surface area contributed by atoms with Gasteiger partial charge in [0.15, 0.2) is 11.5 Å². The van der Waals surface area contributed by atoms with Crippen molar-refractivity contribution in [2.45, 2.75) is 18.6 Å². The van der Waals surface area contributed by atoms with Gasteiger partial charge in [0.1, 0.15) is 0 Å². The maximum absolute atomic E-state index is 14.0. The first-order valence-electron chi connectivity index (χ1n) is 11.9. The molecule has 0 unspecified atom stereocenters. The van der Waals surface area contributed by atoms with E-state index in [1.165, 1.54) is 14.2 Å². The monoisotopic (exact) mass is 497 g/mol. The molecule has 0 N–H and O–H groups in total. The van der Waals surface area contributed by atoms with Crippen LogP contribution in [-0.2, 0) is 14.3 Å². The minimum atomic E-state index is -2.13. The van der Waals surface area contributed by atoms with Crippen LogP contribution in [0.25, 0.3) is 0 Å². The van der Waals surface area contributed by atoms with E-state index in [-0.39, 0.29) is 11.1 Å². The Morgan fingerprint density at radius 3 is 2.00 bits per heavy atom. The third-order valence-corrected chi connectivity index (χ3v) is 7.55. The first-order chi connectivity index (χ1) is 17.8. The third-order valence-electron chi connectivity index (χ3n) is 7.55. The number of hydrogen-bond donors (Lipinski definition) is 0. The predicted molar refractivity (Wildman–Crippen MR) is 132 cm³/mol. The standard InChI is InChI=1S/C29H23NO7/c1-15-8-11-17(12-9-15)30-27(33)22-23(28(30)34)29(25(31)18-6-4-5-7-19(18)26(29)32)37-24(22)16-10-13-20(35-2)21(14-16)36-3/h4-14,22-24H,1-3H3/t22-,23-,24+/m0/s1. The first kappa shape index (κ1) is 23.1. The van der Waals surface area contributed by atoms with Gasteiger partial charge in [0.25, 0.3) is 0 Å². The van der Waals surface area contributed by atoms with E-state index in [0.717, 1.165) is 10.5 Å². The Kier molecular flexibility index (Phi) is 5.07. The van der Waals surface area contributed by atoms with Gasteiger partial charge in [-0.3, -0.25) is 19.2 Å². The number of benzene rings is 3. The molecule has 2 aliphatic heterocycles. The molecule has 0 aromatic heterocycles. The second-order valence-corrected chi connectivity index (χ2v) is 9.44. The molecule has 2 saturated heterocycles. The molecule has 0 bridgehead atoms. The van der Waals surface area contributed by atoms with Crippen molar-refractivity contribution in [3.8, 4) is 11.5 Å². The highest BCUT2D eigenvalue weighted by Crippen LogP contribution is 2.58. The summed E-state index contributed by atoms with van der Waals surface area (Å²) in [6.45, 7) is 1.90. The summed E-state index contributed by atoms with van der Waals surface area (Å²) in [7, 11) is 2.98. The number of carbonyl (C=O) groups is 4. The first-order valence-corrected chi connectivity index (χ1v) is 11.9. The highest BCUT2D eigenvalue weighted by atomic mass is 16.5.